The van der Waals surface area contributed by atoms with E-state index in [1.54, 1.807) is 31.3 Å². The molecule has 4 heterocycles. The van der Waals surface area contributed by atoms with Crippen LogP contribution in [0, 0.1) is 0 Å². The molecule has 2 aromatic heterocycles. The van der Waals surface area contributed by atoms with Crippen LogP contribution in [0.15, 0.2) is 58.0 Å². The molecule has 4 N–H and O–H groups in total. The Morgan fingerprint density at radius 3 is 2.79 bits per heavy atom. The van der Waals surface area contributed by atoms with Crippen molar-refractivity contribution in [2.45, 2.75) is 23.0 Å². The number of aromatic nitrogens is 6. The number of aryl methyl sites for hydroxylation is 1. The Morgan fingerprint density at radius 1 is 1.24 bits per heavy atom. The van der Waals surface area contributed by atoms with Gasteiger partial charge in [0.15, 0.2) is 6.61 Å². The zero-order chi connectivity index (χ0) is 29.8. The number of rotatable bonds is 11. The average Bonchev–Trinajstić information content (AvgIpc) is 3.39. The number of carboxylic acid groups (broad SMARTS) is 1. The fourth-order valence-electron chi connectivity index (χ4n) is 4.25. The highest BCUT2D eigenvalue weighted by Crippen LogP contribution is 2.41. The Bertz CT molecular complexity index is 1640. The largest absolute Gasteiger partial charge is 0.477 e. The number of aliphatic carboxylic acids is 1. The van der Waals surface area contributed by atoms with Gasteiger partial charge in [-0.2, -0.15) is 0 Å². The molecule has 0 bridgehead atoms. The Balaban J connectivity index is 1.19. The molecule has 2 atom stereocenters. The van der Waals surface area contributed by atoms with Crippen LogP contribution < -0.4 is 20.9 Å². The van der Waals surface area contributed by atoms with Crippen molar-refractivity contribution >= 4 is 52.9 Å². The number of ether oxygens (including phenoxy) is 1. The van der Waals surface area contributed by atoms with Gasteiger partial charge in [-0.05, 0) is 27.6 Å². The van der Waals surface area contributed by atoms with Crippen LogP contribution in [0.2, 0.25) is 0 Å². The number of aromatic amines is 1. The van der Waals surface area contributed by atoms with Crippen molar-refractivity contribution in [1.29, 1.82) is 0 Å². The number of tetrazole rings is 1. The quantitative estimate of drug-likeness (QED) is 0.157. The zero-order valence-electron chi connectivity index (χ0n) is 21.8. The first-order valence-electron chi connectivity index (χ1n) is 12.3. The normalized spacial score (nSPS) is 17.7. The number of hydrogen-bond acceptors (Lipinski definition) is 12. The van der Waals surface area contributed by atoms with Crippen molar-refractivity contribution in [1.82, 2.24) is 40.4 Å². The Labute approximate surface area is 245 Å². The second-order valence-corrected chi connectivity index (χ2v) is 11.0. The number of β-lactam (4-membered cyclic amide) rings is 1. The monoisotopic (exact) mass is 613 g/mol. The predicted molar refractivity (Wildman–Crippen MR) is 148 cm³/mol. The molecule has 5 rings (SSSR count). The number of hydrogen-bond donors (Lipinski definition) is 4. The minimum absolute atomic E-state index is 0.0968. The van der Waals surface area contributed by atoms with Crippen LogP contribution in [0.4, 0.5) is 5.69 Å². The fourth-order valence-corrected chi connectivity index (χ4v) is 6.58. The lowest BCUT2D eigenvalue weighted by Crippen LogP contribution is -2.70. The second-order valence-electron chi connectivity index (χ2n) is 9.00. The first-order chi connectivity index (χ1) is 20.2. The summed E-state index contributed by atoms with van der Waals surface area (Å²) in [6, 6.07) is 5.71. The zero-order valence-corrected chi connectivity index (χ0v) is 23.5. The van der Waals surface area contributed by atoms with Gasteiger partial charge in [0.1, 0.15) is 17.1 Å². The molecule has 1 aromatic carbocycles. The van der Waals surface area contributed by atoms with Crippen molar-refractivity contribution in [2.75, 3.05) is 23.4 Å². The van der Waals surface area contributed by atoms with Crippen molar-refractivity contribution in [3.8, 4) is 5.75 Å². The number of anilines is 1. The molecular weight excluding hydrogens is 590 g/mol. The minimum Gasteiger partial charge on any atom is -0.477 e. The Kier molecular flexibility index (Phi) is 8.53. The number of H-pyrrole nitrogens is 1. The van der Waals surface area contributed by atoms with Crippen LogP contribution in [-0.4, -0.2) is 93.4 Å². The standard InChI is InChI=1S/C24H23N9O7S2/c1-32-24(29-30-31-32)42-10-13-9-41-22-18(21(37)33(22)19(13)23(38)39)28-16(34)6-12-4-2-3-5-14(12)27-17(35)8-40-15-7-25-11-26-20(15)36/h2-5,7,11,18,22H,6,8-10H2,1H3,(H,27,35)(H,28,34)(H,38,39)(H,25,26,36)/t18?,22-/m1/s1. The van der Waals surface area contributed by atoms with Crippen LogP contribution in [-0.2, 0) is 32.6 Å². The molecule has 1 saturated heterocycles. The number of carbonyl (C=O) groups excluding carboxylic acids is 3. The molecule has 0 spiro atoms. The maximum atomic E-state index is 13.0. The third kappa shape index (κ3) is 6.13. The van der Waals surface area contributed by atoms with Crippen LogP contribution in [0.5, 0.6) is 5.75 Å². The lowest BCUT2D eigenvalue weighted by Gasteiger charge is -2.49. The van der Waals surface area contributed by atoms with Crippen LogP contribution in [0.25, 0.3) is 0 Å². The SMILES string of the molecule is Cn1nnnc1SCC1=C(C(=O)O)N2C(=O)C(NC(=O)Cc3ccccc3NC(=O)COc3cnc[nH]c3=O)[C@H]2SC1. The predicted octanol–water partition coefficient (Wildman–Crippen LogP) is -0.616. The van der Waals surface area contributed by atoms with Crippen LogP contribution in [0.3, 0.4) is 0 Å². The van der Waals surface area contributed by atoms with Gasteiger partial charge in [0.25, 0.3) is 17.4 Å². The first-order valence-corrected chi connectivity index (χ1v) is 14.3. The average molecular weight is 614 g/mol. The van der Waals surface area contributed by atoms with E-state index in [0.29, 0.717) is 27.7 Å². The van der Waals surface area contributed by atoms with Gasteiger partial charge in [0, 0.05) is 24.2 Å². The summed E-state index contributed by atoms with van der Waals surface area (Å²) in [5.41, 5.74) is 0.755. The first kappa shape index (κ1) is 28.8. The summed E-state index contributed by atoms with van der Waals surface area (Å²) in [4.78, 5) is 69.4. The highest BCUT2D eigenvalue weighted by molar-refractivity contribution is 8.01. The van der Waals surface area contributed by atoms with Gasteiger partial charge in [0.2, 0.25) is 16.8 Å². The summed E-state index contributed by atoms with van der Waals surface area (Å²) in [5.74, 6) is -2.28. The molecule has 0 radical (unpaired) electrons. The van der Waals surface area contributed by atoms with E-state index in [0.717, 1.165) is 0 Å². The third-order valence-corrected chi connectivity index (χ3v) is 8.65. The van der Waals surface area contributed by atoms with Gasteiger partial charge in [-0.15, -0.1) is 16.9 Å². The van der Waals surface area contributed by atoms with Crippen LogP contribution in [0.1, 0.15) is 5.56 Å². The van der Waals surface area contributed by atoms with Gasteiger partial charge < -0.3 is 25.5 Å². The van der Waals surface area contributed by atoms with Crippen molar-refractivity contribution < 1.29 is 29.0 Å². The molecule has 3 amide bonds. The van der Waals surface area contributed by atoms with Gasteiger partial charge in [-0.1, -0.05) is 30.0 Å². The van der Waals surface area contributed by atoms with Gasteiger partial charge in [-0.3, -0.25) is 24.1 Å². The van der Waals surface area contributed by atoms with E-state index in [4.69, 9.17) is 4.74 Å². The number of carboxylic acids is 1. The molecule has 1 unspecified atom stereocenters. The molecule has 16 nitrogen and oxygen atoms in total. The number of amides is 3. The number of para-hydroxylation sites is 1. The topological polar surface area (TPSA) is 214 Å². The van der Waals surface area contributed by atoms with E-state index in [1.807, 2.05) is 0 Å². The molecule has 2 aliphatic heterocycles. The molecule has 0 saturated carbocycles. The molecule has 42 heavy (non-hydrogen) atoms. The van der Waals surface area contributed by atoms with E-state index >= 15 is 0 Å². The van der Waals surface area contributed by atoms with Gasteiger partial charge >= 0.3 is 5.97 Å². The molecule has 1 fully saturated rings. The highest BCUT2D eigenvalue weighted by Gasteiger charge is 2.54. The Hall–Kier alpha value is -4.71. The highest BCUT2D eigenvalue weighted by atomic mass is 32.2. The maximum absolute atomic E-state index is 13.0. The van der Waals surface area contributed by atoms with E-state index in [1.165, 1.54) is 45.6 Å². The van der Waals surface area contributed by atoms with Crippen molar-refractivity contribution in [2.24, 2.45) is 7.05 Å². The lowest BCUT2D eigenvalue weighted by atomic mass is 10.0. The summed E-state index contributed by atoms with van der Waals surface area (Å²) >= 11 is 2.62. The lowest BCUT2D eigenvalue weighted by molar-refractivity contribution is -0.150. The summed E-state index contributed by atoms with van der Waals surface area (Å²) in [7, 11) is 1.67. The molecule has 2 aliphatic rings. The number of fused-ring (bicyclic) bond motifs is 1. The van der Waals surface area contributed by atoms with Gasteiger partial charge in [-0.25, -0.2) is 14.5 Å². The van der Waals surface area contributed by atoms with E-state index in [2.05, 4.69) is 36.1 Å². The third-order valence-electron chi connectivity index (χ3n) is 6.21. The number of benzene rings is 1. The summed E-state index contributed by atoms with van der Waals surface area (Å²) in [5, 5.41) is 26.3. The minimum atomic E-state index is -1.23. The molecule has 218 valence electrons. The number of nitrogens with one attached hydrogen (secondary N) is 3. The Morgan fingerprint density at radius 2 is 2.05 bits per heavy atom. The fraction of sp³-hybridized carbons (Fsp3) is 0.292. The number of thioether (sulfide) groups is 2. The van der Waals surface area contributed by atoms with Crippen molar-refractivity contribution in [3.05, 3.63) is 64.0 Å². The molecule has 0 aliphatic carbocycles. The smallest absolute Gasteiger partial charge is 0.352 e. The number of carbonyl (C=O) groups is 4. The molecule has 18 heteroatoms. The van der Waals surface area contributed by atoms with E-state index < -0.39 is 47.3 Å². The summed E-state index contributed by atoms with van der Waals surface area (Å²) in [6.45, 7) is -0.462. The number of nitrogens with zero attached hydrogens (tertiary/aromatic N) is 6. The summed E-state index contributed by atoms with van der Waals surface area (Å²) < 4.78 is 6.67. The van der Waals surface area contributed by atoms with Crippen LogP contribution >= 0.6 is 23.5 Å². The maximum Gasteiger partial charge on any atom is 0.352 e. The summed E-state index contributed by atoms with van der Waals surface area (Å²) in [6.07, 6.45) is 2.22. The van der Waals surface area contributed by atoms with E-state index in [9.17, 15) is 29.1 Å². The van der Waals surface area contributed by atoms with Gasteiger partial charge in [0.05, 0.1) is 18.9 Å². The second kappa shape index (κ2) is 12.4. The molecule has 3 aromatic rings. The van der Waals surface area contributed by atoms with E-state index in [-0.39, 0.29) is 23.6 Å². The molecular formula is C24H23N9O7S2. The van der Waals surface area contributed by atoms with Crippen molar-refractivity contribution in [3.63, 3.8) is 0 Å².